The maximum Gasteiger partial charge on any atom is 0.120 e. The molecule has 0 spiro atoms. The Morgan fingerprint density at radius 3 is 2.84 bits per heavy atom. The predicted octanol–water partition coefficient (Wildman–Crippen LogP) is 1.95. The van der Waals surface area contributed by atoms with E-state index in [1.54, 1.807) is 7.11 Å². The quantitative estimate of drug-likeness (QED) is 0.853. The molecule has 1 aliphatic rings. The number of anilines is 1. The average molecular weight is 264 g/mol. The fraction of sp³-hybridized carbons (Fsp3) is 0.600. The number of aliphatic hydroxyl groups excluding tert-OH is 1. The molecule has 1 aromatic carbocycles. The third kappa shape index (κ3) is 3.19. The van der Waals surface area contributed by atoms with E-state index >= 15 is 0 Å². The summed E-state index contributed by atoms with van der Waals surface area (Å²) in [4.78, 5) is 2.39. The fourth-order valence-corrected chi connectivity index (χ4v) is 2.62. The zero-order valence-corrected chi connectivity index (χ0v) is 12.0. The molecular formula is C15H24N2O2. The summed E-state index contributed by atoms with van der Waals surface area (Å²) >= 11 is 0. The van der Waals surface area contributed by atoms with E-state index in [-0.39, 0.29) is 12.1 Å². The van der Waals surface area contributed by atoms with Crippen LogP contribution in [-0.2, 0) is 0 Å². The Hall–Kier alpha value is -1.26. The summed E-state index contributed by atoms with van der Waals surface area (Å²) in [5.41, 5.74) is 0.760. The minimum Gasteiger partial charge on any atom is -0.497 e. The molecule has 0 aliphatic carbocycles. The molecule has 0 bridgehead atoms. The van der Waals surface area contributed by atoms with E-state index in [9.17, 15) is 5.11 Å². The van der Waals surface area contributed by atoms with Crippen molar-refractivity contribution in [2.45, 2.75) is 31.8 Å². The van der Waals surface area contributed by atoms with Crippen LogP contribution in [0.5, 0.6) is 5.75 Å². The highest BCUT2D eigenvalue weighted by atomic mass is 16.5. The van der Waals surface area contributed by atoms with Gasteiger partial charge in [-0.1, -0.05) is 6.07 Å². The summed E-state index contributed by atoms with van der Waals surface area (Å²) in [6, 6.07) is 8.38. The van der Waals surface area contributed by atoms with Crippen molar-refractivity contribution in [2.75, 3.05) is 32.1 Å². The number of methoxy groups -OCH3 is 1. The van der Waals surface area contributed by atoms with Crippen molar-refractivity contribution in [1.29, 1.82) is 0 Å². The average Bonchev–Trinajstić information content (AvgIpc) is 2.84. The Kier molecular flexibility index (Phi) is 4.32. The van der Waals surface area contributed by atoms with Crippen LogP contribution in [0.15, 0.2) is 24.3 Å². The largest absolute Gasteiger partial charge is 0.497 e. The van der Waals surface area contributed by atoms with E-state index < -0.39 is 0 Å². The molecule has 1 unspecified atom stereocenters. The maximum atomic E-state index is 9.78. The van der Waals surface area contributed by atoms with Crippen molar-refractivity contribution in [2.24, 2.45) is 0 Å². The lowest BCUT2D eigenvalue weighted by molar-refractivity contribution is 0.196. The standard InChI is InChI=1S/C15H24N2O2/c1-12(2)17-8-7-15(10-17,11-18)16-13-5-4-6-14(9-13)19-3/h4-6,9,12,16,18H,7-8,10-11H2,1-3H3. The molecule has 1 atom stereocenters. The topological polar surface area (TPSA) is 44.7 Å². The van der Waals surface area contributed by atoms with Crippen LogP contribution in [0.1, 0.15) is 20.3 Å². The molecule has 19 heavy (non-hydrogen) atoms. The van der Waals surface area contributed by atoms with Crippen LogP contribution in [0.4, 0.5) is 5.69 Å². The van der Waals surface area contributed by atoms with E-state index in [0.717, 1.165) is 30.9 Å². The summed E-state index contributed by atoms with van der Waals surface area (Å²) in [7, 11) is 1.66. The molecule has 2 rings (SSSR count). The SMILES string of the molecule is COc1cccc(NC2(CO)CCN(C(C)C)C2)c1. The number of rotatable bonds is 5. The molecule has 106 valence electrons. The van der Waals surface area contributed by atoms with Gasteiger partial charge in [-0.2, -0.15) is 0 Å². The van der Waals surface area contributed by atoms with Gasteiger partial charge in [-0.25, -0.2) is 0 Å². The molecule has 1 aromatic rings. The lowest BCUT2D eigenvalue weighted by atomic mass is 9.99. The van der Waals surface area contributed by atoms with E-state index in [1.165, 1.54) is 0 Å². The lowest BCUT2D eigenvalue weighted by Gasteiger charge is -2.31. The Morgan fingerprint density at radius 2 is 2.26 bits per heavy atom. The number of ether oxygens (including phenoxy) is 1. The normalized spacial score (nSPS) is 23.8. The van der Waals surface area contributed by atoms with Gasteiger partial charge in [-0.3, -0.25) is 4.90 Å². The molecule has 1 heterocycles. The van der Waals surface area contributed by atoms with Crippen LogP contribution in [0.3, 0.4) is 0 Å². The number of benzene rings is 1. The molecule has 0 saturated carbocycles. The summed E-state index contributed by atoms with van der Waals surface area (Å²) in [5.74, 6) is 0.830. The smallest absolute Gasteiger partial charge is 0.120 e. The first-order chi connectivity index (χ1) is 9.08. The number of aliphatic hydroxyl groups is 1. The summed E-state index contributed by atoms with van der Waals surface area (Å²) in [6.07, 6.45) is 0.957. The summed E-state index contributed by atoms with van der Waals surface area (Å²) in [5, 5.41) is 13.3. The molecule has 0 amide bonds. The van der Waals surface area contributed by atoms with Crippen molar-refractivity contribution >= 4 is 5.69 Å². The number of hydrogen-bond acceptors (Lipinski definition) is 4. The number of nitrogens with zero attached hydrogens (tertiary/aromatic N) is 1. The van der Waals surface area contributed by atoms with Crippen molar-refractivity contribution in [3.63, 3.8) is 0 Å². The highest BCUT2D eigenvalue weighted by Crippen LogP contribution is 2.28. The van der Waals surface area contributed by atoms with Crippen molar-refractivity contribution < 1.29 is 9.84 Å². The Balaban J connectivity index is 2.10. The number of hydrogen-bond donors (Lipinski definition) is 2. The van der Waals surface area contributed by atoms with Crippen LogP contribution >= 0.6 is 0 Å². The van der Waals surface area contributed by atoms with E-state index in [0.29, 0.717) is 6.04 Å². The Bertz CT molecular complexity index is 422. The van der Waals surface area contributed by atoms with Gasteiger partial charge in [-0.05, 0) is 32.4 Å². The van der Waals surface area contributed by atoms with Crippen LogP contribution in [0.25, 0.3) is 0 Å². The van der Waals surface area contributed by atoms with Crippen LogP contribution in [0, 0.1) is 0 Å². The molecule has 1 fully saturated rings. The molecule has 1 saturated heterocycles. The zero-order chi connectivity index (χ0) is 13.9. The second-order valence-corrected chi connectivity index (χ2v) is 5.61. The van der Waals surface area contributed by atoms with Gasteiger partial charge in [0, 0.05) is 30.9 Å². The van der Waals surface area contributed by atoms with Gasteiger partial charge in [0.05, 0.1) is 19.3 Å². The summed E-state index contributed by atoms with van der Waals surface area (Å²) < 4.78 is 5.23. The molecule has 0 aromatic heterocycles. The summed E-state index contributed by atoms with van der Waals surface area (Å²) in [6.45, 7) is 6.43. The highest BCUT2D eigenvalue weighted by molar-refractivity contribution is 5.50. The minimum atomic E-state index is -0.239. The second-order valence-electron chi connectivity index (χ2n) is 5.61. The second kappa shape index (κ2) is 5.80. The van der Waals surface area contributed by atoms with Gasteiger partial charge in [0.2, 0.25) is 0 Å². The van der Waals surface area contributed by atoms with Gasteiger partial charge in [0.1, 0.15) is 5.75 Å². The van der Waals surface area contributed by atoms with Crippen molar-refractivity contribution in [3.8, 4) is 5.75 Å². The molecule has 4 heteroatoms. The maximum absolute atomic E-state index is 9.78. The lowest BCUT2D eigenvalue weighted by Crippen LogP contribution is -2.45. The first-order valence-electron chi connectivity index (χ1n) is 6.86. The van der Waals surface area contributed by atoms with E-state index in [1.807, 2.05) is 24.3 Å². The van der Waals surface area contributed by atoms with Crippen LogP contribution in [0.2, 0.25) is 0 Å². The molecule has 0 radical (unpaired) electrons. The molecular weight excluding hydrogens is 240 g/mol. The first kappa shape index (κ1) is 14.2. The molecule has 1 aliphatic heterocycles. The number of nitrogens with one attached hydrogen (secondary N) is 1. The zero-order valence-electron chi connectivity index (χ0n) is 12.0. The Morgan fingerprint density at radius 1 is 1.47 bits per heavy atom. The minimum absolute atomic E-state index is 0.146. The third-order valence-electron chi connectivity index (χ3n) is 3.90. The first-order valence-corrected chi connectivity index (χ1v) is 6.86. The van der Waals surface area contributed by atoms with E-state index in [4.69, 9.17) is 4.74 Å². The molecule has 2 N–H and O–H groups in total. The third-order valence-corrected chi connectivity index (χ3v) is 3.90. The van der Waals surface area contributed by atoms with Crippen molar-refractivity contribution in [1.82, 2.24) is 4.90 Å². The highest BCUT2D eigenvalue weighted by Gasteiger charge is 2.38. The van der Waals surface area contributed by atoms with Gasteiger partial charge in [-0.15, -0.1) is 0 Å². The number of likely N-dealkylation sites (tertiary alicyclic amines) is 1. The van der Waals surface area contributed by atoms with Crippen LogP contribution < -0.4 is 10.1 Å². The van der Waals surface area contributed by atoms with E-state index in [2.05, 4.69) is 24.1 Å². The van der Waals surface area contributed by atoms with Gasteiger partial charge in [0.15, 0.2) is 0 Å². The van der Waals surface area contributed by atoms with Crippen LogP contribution in [-0.4, -0.2) is 48.4 Å². The monoisotopic (exact) mass is 264 g/mol. The fourth-order valence-electron chi connectivity index (χ4n) is 2.62. The van der Waals surface area contributed by atoms with Crippen molar-refractivity contribution in [3.05, 3.63) is 24.3 Å². The Labute approximate surface area is 115 Å². The van der Waals surface area contributed by atoms with Gasteiger partial charge >= 0.3 is 0 Å². The molecule has 4 nitrogen and oxygen atoms in total. The predicted molar refractivity (Wildman–Crippen MR) is 77.8 cm³/mol. The van der Waals surface area contributed by atoms with Gasteiger partial charge < -0.3 is 15.2 Å². The van der Waals surface area contributed by atoms with Gasteiger partial charge in [0.25, 0.3) is 0 Å².